The van der Waals surface area contributed by atoms with E-state index in [1.807, 2.05) is 60.7 Å². The largest absolute Gasteiger partial charge is 0.454 e. The monoisotopic (exact) mass is 428 g/mol. The van der Waals surface area contributed by atoms with Crippen molar-refractivity contribution in [2.24, 2.45) is 0 Å². The van der Waals surface area contributed by atoms with Gasteiger partial charge in [-0.15, -0.1) is 0 Å². The Morgan fingerprint density at radius 1 is 1.06 bits per heavy atom. The third-order valence-corrected chi connectivity index (χ3v) is 6.07. The topological polar surface area (TPSA) is 51.7 Å². The van der Waals surface area contributed by atoms with Crippen LogP contribution in [0.4, 0.5) is 5.13 Å². The Morgan fingerprint density at radius 2 is 1.90 bits per heavy atom. The molecule has 1 aliphatic heterocycles. The molecule has 0 aliphatic carbocycles. The van der Waals surface area contributed by atoms with Gasteiger partial charge < -0.3 is 9.47 Å². The Balaban J connectivity index is 1.46. The summed E-state index contributed by atoms with van der Waals surface area (Å²) in [5.74, 6) is 1.29. The van der Waals surface area contributed by atoms with Crippen LogP contribution in [0.3, 0.4) is 0 Å². The van der Waals surface area contributed by atoms with Crippen LogP contribution < -0.4 is 14.4 Å². The van der Waals surface area contributed by atoms with Crippen molar-refractivity contribution in [2.75, 3.05) is 11.7 Å². The molecule has 2 heterocycles. The lowest BCUT2D eigenvalue weighted by Gasteiger charge is -2.18. The van der Waals surface area contributed by atoms with E-state index in [0.29, 0.717) is 17.4 Å². The van der Waals surface area contributed by atoms with Crippen molar-refractivity contribution in [1.82, 2.24) is 4.98 Å². The van der Waals surface area contributed by atoms with Crippen molar-refractivity contribution in [3.8, 4) is 11.5 Å². The van der Waals surface area contributed by atoms with Crippen molar-refractivity contribution in [2.45, 2.75) is 13.5 Å². The summed E-state index contributed by atoms with van der Waals surface area (Å²) in [7, 11) is 0. The second-order valence-corrected chi connectivity index (χ2v) is 8.33. The number of aromatic nitrogens is 1. The van der Waals surface area contributed by atoms with Gasteiger partial charge in [-0.3, -0.25) is 9.69 Å². The molecule has 1 amide bonds. The minimum absolute atomic E-state index is 0.128. The molecule has 0 bridgehead atoms. The first kappa shape index (κ1) is 19.3. The molecule has 1 aromatic heterocycles. The summed E-state index contributed by atoms with van der Waals surface area (Å²) < 4.78 is 11.8. The van der Waals surface area contributed by atoms with Crippen LogP contribution in [0.1, 0.15) is 16.7 Å². The number of hydrogen-bond acceptors (Lipinski definition) is 5. The Bertz CT molecular complexity index is 1280. The second-order valence-electron chi connectivity index (χ2n) is 7.32. The quantitative estimate of drug-likeness (QED) is 0.390. The molecular formula is C25H20N2O3S. The number of hydrogen-bond donors (Lipinski definition) is 0. The maximum Gasteiger partial charge on any atom is 0.253 e. The van der Waals surface area contributed by atoms with Crippen LogP contribution in [0.2, 0.25) is 0 Å². The molecule has 154 valence electrons. The number of rotatable bonds is 5. The Morgan fingerprint density at radius 3 is 2.77 bits per heavy atom. The number of nitrogens with zero attached hydrogens (tertiary/aromatic N) is 2. The zero-order valence-electron chi connectivity index (χ0n) is 16.9. The van der Waals surface area contributed by atoms with E-state index in [2.05, 4.69) is 13.0 Å². The van der Waals surface area contributed by atoms with Gasteiger partial charge in [-0.25, -0.2) is 4.98 Å². The number of ether oxygens (including phenoxy) is 2. The fourth-order valence-corrected chi connectivity index (χ4v) is 4.48. The highest BCUT2D eigenvalue weighted by molar-refractivity contribution is 7.22. The first-order chi connectivity index (χ1) is 15.2. The molecule has 0 saturated heterocycles. The Labute approximate surface area is 184 Å². The highest BCUT2D eigenvalue weighted by atomic mass is 32.1. The van der Waals surface area contributed by atoms with E-state index in [1.54, 1.807) is 17.1 Å². The first-order valence-corrected chi connectivity index (χ1v) is 10.8. The van der Waals surface area contributed by atoms with Crippen LogP contribution in [-0.2, 0) is 11.3 Å². The van der Waals surface area contributed by atoms with Gasteiger partial charge in [-0.2, -0.15) is 0 Å². The summed E-state index contributed by atoms with van der Waals surface area (Å²) in [5, 5.41) is 0.685. The fraction of sp³-hybridized carbons (Fsp3) is 0.120. The lowest BCUT2D eigenvalue weighted by Crippen LogP contribution is -2.28. The molecule has 1 aliphatic rings. The lowest BCUT2D eigenvalue weighted by molar-refractivity contribution is -0.114. The van der Waals surface area contributed by atoms with Gasteiger partial charge >= 0.3 is 0 Å². The summed E-state index contributed by atoms with van der Waals surface area (Å²) in [6.45, 7) is 2.73. The van der Waals surface area contributed by atoms with E-state index >= 15 is 0 Å². The number of carbonyl (C=O) groups is 1. The van der Waals surface area contributed by atoms with Gasteiger partial charge in [0.15, 0.2) is 16.6 Å². The number of fused-ring (bicyclic) bond motifs is 2. The van der Waals surface area contributed by atoms with Crippen molar-refractivity contribution < 1.29 is 14.3 Å². The molecule has 3 aromatic carbocycles. The van der Waals surface area contributed by atoms with E-state index in [4.69, 9.17) is 14.5 Å². The third kappa shape index (κ3) is 4.15. The molecule has 6 heteroatoms. The predicted octanol–water partition coefficient (Wildman–Crippen LogP) is 5.58. The summed E-state index contributed by atoms with van der Waals surface area (Å²) >= 11 is 1.53. The van der Waals surface area contributed by atoms with Crippen LogP contribution in [-0.4, -0.2) is 17.7 Å². The van der Waals surface area contributed by atoms with E-state index in [1.165, 1.54) is 16.9 Å². The van der Waals surface area contributed by atoms with Gasteiger partial charge in [0.2, 0.25) is 6.79 Å². The SMILES string of the molecule is Cc1ccc2nc(N(Cc3ccccc3)C(=O)/C=C/c3ccc4c(c3)OCO4)sc2c1. The minimum Gasteiger partial charge on any atom is -0.454 e. The number of anilines is 1. The number of benzene rings is 3. The first-order valence-electron chi connectivity index (χ1n) is 9.96. The van der Waals surface area contributed by atoms with Crippen molar-refractivity contribution in [3.63, 3.8) is 0 Å². The van der Waals surface area contributed by atoms with E-state index in [9.17, 15) is 4.79 Å². The molecule has 0 atom stereocenters. The van der Waals surface area contributed by atoms with Crippen LogP contribution in [0.25, 0.3) is 16.3 Å². The Kier molecular flexibility index (Phi) is 5.14. The zero-order chi connectivity index (χ0) is 21.2. The lowest BCUT2D eigenvalue weighted by atomic mass is 10.2. The van der Waals surface area contributed by atoms with Crippen LogP contribution in [0.5, 0.6) is 11.5 Å². The molecule has 0 unspecified atom stereocenters. The molecule has 31 heavy (non-hydrogen) atoms. The molecule has 0 radical (unpaired) electrons. The summed E-state index contributed by atoms with van der Waals surface area (Å²) in [4.78, 5) is 19.7. The van der Waals surface area contributed by atoms with Crippen molar-refractivity contribution in [1.29, 1.82) is 0 Å². The van der Waals surface area contributed by atoms with Gasteiger partial charge in [0.05, 0.1) is 16.8 Å². The number of carbonyl (C=O) groups excluding carboxylic acids is 1. The molecule has 5 nitrogen and oxygen atoms in total. The molecular weight excluding hydrogens is 408 g/mol. The van der Waals surface area contributed by atoms with Gasteiger partial charge in [-0.1, -0.05) is 53.8 Å². The van der Waals surface area contributed by atoms with Crippen molar-refractivity contribution in [3.05, 3.63) is 89.5 Å². The van der Waals surface area contributed by atoms with E-state index in [0.717, 1.165) is 27.1 Å². The predicted molar refractivity (Wildman–Crippen MR) is 124 cm³/mol. The maximum atomic E-state index is 13.2. The van der Waals surface area contributed by atoms with Crippen LogP contribution in [0, 0.1) is 6.92 Å². The molecule has 0 fully saturated rings. The maximum absolute atomic E-state index is 13.2. The number of aryl methyl sites for hydroxylation is 1. The number of thiazole rings is 1. The van der Waals surface area contributed by atoms with Gasteiger partial charge in [0.1, 0.15) is 0 Å². The van der Waals surface area contributed by atoms with E-state index < -0.39 is 0 Å². The minimum atomic E-state index is -0.128. The molecule has 4 aromatic rings. The van der Waals surface area contributed by atoms with Crippen LogP contribution >= 0.6 is 11.3 Å². The zero-order valence-corrected chi connectivity index (χ0v) is 17.8. The van der Waals surface area contributed by atoms with Crippen molar-refractivity contribution >= 4 is 38.7 Å². The summed E-state index contributed by atoms with van der Waals surface area (Å²) in [6, 6.07) is 21.7. The summed E-state index contributed by atoms with van der Waals surface area (Å²) in [6.07, 6.45) is 3.37. The smallest absolute Gasteiger partial charge is 0.253 e. The molecule has 0 N–H and O–H groups in total. The van der Waals surface area contributed by atoms with Gasteiger partial charge in [0.25, 0.3) is 5.91 Å². The molecule has 0 spiro atoms. The van der Waals surface area contributed by atoms with Gasteiger partial charge in [0, 0.05) is 6.08 Å². The fourth-order valence-electron chi connectivity index (χ4n) is 3.42. The second kappa shape index (κ2) is 8.24. The number of amides is 1. The summed E-state index contributed by atoms with van der Waals surface area (Å²) in [5.41, 5.74) is 3.99. The molecule has 0 saturated carbocycles. The standard InChI is InChI=1S/C25H20N2O3S/c1-17-7-10-20-23(13-17)31-25(26-20)27(15-19-5-3-2-4-6-19)24(28)12-9-18-8-11-21-22(14-18)30-16-29-21/h2-14H,15-16H2,1H3/b12-9+. The highest BCUT2D eigenvalue weighted by Gasteiger charge is 2.19. The van der Waals surface area contributed by atoms with Crippen LogP contribution in [0.15, 0.2) is 72.8 Å². The van der Waals surface area contributed by atoms with Gasteiger partial charge in [-0.05, 0) is 54.0 Å². The average molecular weight is 429 g/mol. The third-order valence-electron chi connectivity index (χ3n) is 5.03. The van der Waals surface area contributed by atoms with E-state index in [-0.39, 0.29) is 12.7 Å². The normalized spacial score (nSPS) is 12.5. The molecule has 5 rings (SSSR count). The highest BCUT2D eigenvalue weighted by Crippen LogP contribution is 2.33. The average Bonchev–Trinajstić information content (AvgIpc) is 3.42. The Hall–Kier alpha value is -3.64.